The van der Waals surface area contributed by atoms with Crippen LogP contribution in [0.15, 0.2) is 44.5 Å². The molecular formula is C22H21NO9. The lowest BCUT2D eigenvalue weighted by atomic mass is 9.88. The minimum atomic E-state index is -1.27. The van der Waals surface area contributed by atoms with Crippen LogP contribution in [0, 0.1) is 6.92 Å². The number of rotatable bonds is 7. The highest BCUT2D eigenvalue weighted by Crippen LogP contribution is 2.32. The van der Waals surface area contributed by atoms with E-state index in [4.69, 9.17) is 19.0 Å². The number of methoxy groups -OCH3 is 2. The van der Waals surface area contributed by atoms with Crippen molar-refractivity contribution in [3.63, 3.8) is 0 Å². The molecule has 0 saturated heterocycles. The maximum Gasteiger partial charge on any atom is 0.323 e. The van der Waals surface area contributed by atoms with Crippen LogP contribution in [0.5, 0.6) is 11.5 Å². The molecule has 3 rings (SSSR count). The van der Waals surface area contributed by atoms with E-state index in [9.17, 15) is 24.3 Å². The van der Waals surface area contributed by atoms with E-state index < -0.39 is 47.6 Å². The molecule has 0 bridgehead atoms. The first-order chi connectivity index (χ1) is 15.2. The van der Waals surface area contributed by atoms with E-state index in [1.807, 2.05) is 0 Å². The lowest BCUT2D eigenvalue weighted by Gasteiger charge is -2.19. The first-order valence-corrected chi connectivity index (χ1v) is 9.49. The van der Waals surface area contributed by atoms with Crippen LogP contribution in [0.4, 0.5) is 0 Å². The first kappa shape index (κ1) is 22.6. The molecule has 0 saturated carbocycles. The van der Waals surface area contributed by atoms with E-state index in [1.54, 1.807) is 6.07 Å². The molecule has 10 heteroatoms. The van der Waals surface area contributed by atoms with Gasteiger partial charge < -0.3 is 28.7 Å². The molecular weight excluding hydrogens is 422 g/mol. The molecule has 0 fully saturated rings. The Hall–Kier alpha value is -4.08. The number of nitrogens with zero attached hydrogens (tertiary/aromatic N) is 1. The molecule has 32 heavy (non-hydrogen) atoms. The van der Waals surface area contributed by atoms with Crippen molar-refractivity contribution < 1.29 is 33.7 Å². The molecule has 10 nitrogen and oxygen atoms in total. The van der Waals surface area contributed by atoms with Gasteiger partial charge in [0.2, 0.25) is 0 Å². The van der Waals surface area contributed by atoms with Gasteiger partial charge in [-0.1, -0.05) is 0 Å². The molecule has 2 aromatic heterocycles. The van der Waals surface area contributed by atoms with Gasteiger partial charge in [-0.3, -0.25) is 19.2 Å². The van der Waals surface area contributed by atoms with E-state index in [2.05, 4.69) is 0 Å². The van der Waals surface area contributed by atoms with Gasteiger partial charge in [-0.15, -0.1) is 0 Å². The summed E-state index contributed by atoms with van der Waals surface area (Å²) >= 11 is 0. The summed E-state index contributed by atoms with van der Waals surface area (Å²) in [6, 6.07) is 5.80. The maximum atomic E-state index is 13.3. The fourth-order valence-electron chi connectivity index (χ4n) is 3.54. The van der Waals surface area contributed by atoms with Crippen LogP contribution in [0.1, 0.15) is 29.2 Å². The Morgan fingerprint density at radius 3 is 2.53 bits per heavy atom. The van der Waals surface area contributed by atoms with Gasteiger partial charge in [0.15, 0.2) is 5.43 Å². The van der Waals surface area contributed by atoms with Crippen LogP contribution in [-0.2, 0) is 20.9 Å². The standard InChI is InChI=1S/C22H21NO9/c1-11-6-16(24)20(22(29)23(11)9-18(25)26)13(8-19(27)31-3)15-10-32-17-5-4-12(30-2)7-14(17)21(15)28/h4-7,10,13,24H,8-9H2,1-3H3,(H,25,26)/t13-/m1/s1. The predicted octanol–water partition coefficient (Wildman–Crippen LogP) is 1.76. The predicted molar refractivity (Wildman–Crippen MR) is 112 cm³/mol. The highest BCUT2D eigenvalue weighted by molar-refractivity contribution is 5.79. The van der Waals surface area contributed by atoms with Crippen LogP contribution in [0.3, 0.4) is 0 Å². The van der Waals surface area contributed by atoms with Crippen LogP contribution in [0.25, 0.3) is 11.0 Å². The van der Waals surface area contributed by atoms with Gasteiger partial charge in [-0.05, 0) is 31.2 Å². The average molecular weight is 443 g/mol. The molecule has 2 heterocycles. The smallest absolute Gasteiger partial charge is 0.323 e. The first-order valence-electron chi connectivity index (χ1n) is 9.49. The van der Waals surface area contributed by atoms with Gasteiger partial charge >= 0.3 is 11.9 Å². The number of hydrogen-bond donors (Lipinski definition) is 2. The Labute approximate surface area is 181 Å². The van der Waals surface area contributed by atoms with Crippen LogP contribution in [0.2, 0.25) is 0 Å². The lowest BCUT2D eigenvalue weighted by molar-refractivity contribution is -0.141. The quantitative estimate of drug-likeness (QED) is 0.522. The summed E-state index contributed by atoms with van der Waals surface area (Å²) in [6.45, 7) is 0.798. The number of aromatic nitrogens is 1. The third-order valence-electron chi connectivity index (χ3n) is 5.14. The number of aryl methyl sites for hydroxylation is 1. The van der Waals surface area contributed by atoms with Gasteiger partial charge in [0.05, 0.1) is 37.9 Å². The second-order valence-electron chi connectivity index (χ2n) is 7.08. The highest BCUT2D eigenvalue weighted by atomic mass is 16.5. The monoisotopic (exact) mass is 443 g/mol. The number of hydrogen-bond acceptors (Lipinski definition) is 8. The Balaban J connectivity index is 2.31. The highest BCUT2D eigenvalue weighted by Gasteiger charge is 2.30. The number of carboxylic acid groups (broad SMARTS) is 1. The maximum absolute atomic E-state index is 13.3. The number of esters is 1. The second kappa shape index (κ2) is 8.96. The number of benzene rings is 1. The minimum Gasteiger partial charge on any atom is -0.507 e. The summed E-state index contributed by atoms with van der Waals surface area (Å²) in [7, 11) is 2.58. The van der Waals surface area contributed by atoms with Gasteiger partial charge in [-0.2, -0.15) is 0 Å². The normalized spacial score (nSPS) is 11.8. The van der Waals surface area contributed by atoms with Gasteiger partial charge in [0.25, 0.3) is 5.56 Å². The average Bonchev–Trinajstić information content (AvgIpc) is 2.75. The number of ether oxygens (including phenoxy) is 2. The van der Waals surface area contributed by atoms with Gasteiger partial charge in [0, 0.05) is 17.2 Å². The van der Waals surface area contributed by atoms with E-state index in [0.717, 1.165) is 17.9 Å². The minimum absolute atomic E-state index is 0.0747. The summed E-state index contributed by atoms with van der Waals surface area (Å²) in [6.07, 6.45) is 0.653. The Morgan fingerprint density at radius 2 is 1.91 bits per heavy atom. The molecule has 0 aliphatic heterocycles. The van der Waals surface area contributed by atoms with Crippen molar-refractivity contribution in [1.82, 2.24) is 4.57 Å². The number of carbonyl (C=O) groups excluding carboxylic acids is 1. The van der Waals surface area contributed by atoms with E-state index in [1.165, 1.54) is 32.2 Å². The summed E-state index contributed by atoms with van der Waals surface area (Å²) in [5.41, 5.74) is -1.31. The van der Waals surface area contributed by atoms with Crippen LogP contribution < -0.4 is 15.7 Å². The third kappa shape index (κ3) is 4.20. The van der Waals surface area contributed by atoms with Crippen molar-refractivity contribution in [2.75, 3.05) is 14.2 Å². The number of fused-ring (bicyclic) bond motifs is 1. The summed E-state index contributed by atoms with van der Waals surface area (Å²) in [5, 5.41) is 19.9. The molecule has 2 N–H and O–H groups in total. The molecule has 1 aromatic carbocycles. The van der Waals surface area contributed by atoms with Crippen molar-refractivity contribution in [2.45, 2.75) is 25.8 Å². The van der Waals surface area contributed by atoms with Crippen molar-refractivity contribution in [2.24, 2.45) is 0 Å². The molecule has 0 aliphatic carbocycles. The number of aliphatic carboxylic acids is 1. The van der Waals surface area contributed by atoms with Crippen LogP contribution in [-0.4, -0.2) is 40.9 Å². The topological polar surface area (TPSA) is 145 Å². The van der Waals surface area contributed by atoms with Crippen LogP contribution >= 0.6 is 0 Å². The fraction of sp³-hybridized carbons (Fsp3) is 0.273. The fourth-order valence-corrected chi connectivity index (χ4v) is 3.54. The van der Waals surface area contributed by atoms with Crippen molar-refractivity contribution in [3.8, 4) is 11.5 Å². The number of carbonyl (C=O) groups is 2. The zero-order valence-corrected chi connectivity index (χ0v) is 17.6. The second-order valence-corrected chi connectivity index (χ2v) is 7.08. The molecule has 0 spiro atoms. The molecule has 0 unspecified atom stereocenters. The zero-order valence-electron chi connectivity index (χ0n) is 17.6. The molecule has 0 radical (unpaired) electrons. The zero-order chi connectivity index (χ0) is 23.6. The molecule has 1 atom stereocenters. The SMILES string of the molecule is COC(=O)C[C@H](c1coc2ccc(OC)cc2c1=O)c1c(O)cc(C)n(CC(=O)O)c1=O. The lowest BCUT2D eigenvalue weighted by Crippen LogP contribution is -2.32. The third-order valence-corrected chi connectivity index (χ3v) is 5.14. The molecule has 0 amide bonds. The largest absolute Gasteiger partial charge is 0.507 e. The summed E-state index contributed by atoms with van der Waals surface area (Å²) in [5.74, 6) is -3.35. The molecule has 0 aliphatic rings. The van der Waals surface area contributed by atoms with Crippen molar-refractivity contribution in [3.05, 3.63) is 67.9 Å². The van der Waals surface area contributed by atoms with E-state index in [0.29, 0.717) is 5.75 Å². The van der Waals surface area contributed by atoms with E-state index >= 15 is 0 Å². The summed E-state index contributed by atoms with van der Waals surface area (Å²) in [4.78, 5) is 49.8. The Kier molecular flexibility index (Phi) is 6.33. The Bertz CT molecular complexity index is 1320. The number of aromatic hydroxyl groups is 1. The molecule has 3 aromatic rings. The Morgan fingerprint density at radius 1 is 1.19 bits per heavy atom. The van der Waals surface area contributed by atoms with Crippen molar-refractivity contribution >= 4 is 22.9 Å². The van der Waals surface area contributed by atoms with Crippen molar-refractivity contribution in [1.29, 1.82) is 0 Å². The van der Waals surface area contributed by atoms with E-state index in [-0.39, 0.29) is 27.8 Å². The number of pyridine rings is 1. The van der Waals surface area contributed by atoms with Gasteiger partial charge in [0.1, 0.15) is 23.6 Å². The van der Waals surface area contributed by atoms with Gasteiger partial charge in [-0.25, -0.2) is 0 Å². The molecule has 168 valence electrons. The number of carboxylic acids is 1. The summed E-state index contributed by atoms with van der Waals surface area (Å²) < 4.78 is 16.3.